The zero-order valence-electron chi connectivity index (χ0n) is 29.7. The van der Waals surface area contributed by atoms with E-state index in [4.69, 9.17) is 4.42 Å². The first-order valence-corrected chi connectivity index (χ1v) is 19.1. The van der Waals surface area contributed by atoms with E-state index in [0.717, 1.165) is 16.6 Å². The van der Waals surface area contributed by atoms with Gasteiger partial charge in [0.05, 0.1) is 0 Å². The van der Waals surface area contributed by atoms with Crippen molar-refractivity contribution in [2.75, 3.05) is 0 Å². The van der Waals surface area contributed by atoms with Crippen molar-refractivity contribution in [2.45, 2.75) is 0 Å². The molecular weight excluding hydrogens is 665 g/mol. The number of para-hydroxylation sites is 1. The predicted octanol–water partition coefficient (Wildman–Crippen LogP) is 15.6. The molecule has 0 spiro atoms. The van der Waals surface area contributed by atoms with Crippen molar-refractivity contribution in [3.8, 4) is 22.3 Å². The molecule has 252 valence electrons. The Morgan fingerprint density at radius 1 is 0.255 bits per heavy atom. The van der Waals surface area contributed by atoms with Gasteiger partial charge in [0.25, 0.3) is 0 Å². The largest absolute Gasteiger partial charge is 0.456 e. The molecule has 55 heavy (non-hydrogen) atoms. The molecule has 0 fully saturated rings. The maximum absolute atomic E-state index is 6.38. The van der Waals surface area contributed by atoms with Gasteiger partial charge in [-0.05, 0) is 127 Å². The van der Waals surface area contributed by atoms with Crippen LogP contribution < -0.4 is 0 Å². The van der Waals surface area contributed by atoms with Crippen LogP contribution in [0.5, 0.6) is 0 Å². The molecule has 0 atom stereocenters. The average molecular weight is 695 g/mol. The van der Waals surface area contributed by atoms with Crippen molar-refractivity contribution < 1.29 is 4.42 Å². The highest BCUT2D eigenvalue weighted by molar-refractivity contribution is 6.35. The molecule has 13 rings (SSSR count). The number of fused-ring (bicyclic) bond motifs is 12. The fourth-order valence-electron chi connectivity index (χ4n) is 10.1. The van der Waals surface area contributed by atoms with Crippen LogP contribution in [0, 0.1) is 0 Å². The van der Waals surface area contributed by atoms with Gasteiger partial charge < -0.3 is 4.42 Å². The first-order chi connectivity index (χ1) is 27.3. The minimum Gasteiger partial charge on any atom is -0.456 e. The first kappa shape index (κ1) is 29.3. The van der Waals surface area contributed by atoms with Crippen molar-refractivity contribution in [3.63, 3.8) is 0 Å². The van der Waals surface area contributed by atoms with Crippen LogP contribution in [0.15, 0.2) is 186 Å². The number of furan rings is 1. The van der Waals surface area contributed by atoms with E-state index in [-0.39, 0.29) is 0 Å². The van der Waals surface area contributed by atoms with Crippen molar-refractivity contribution in [2.24, 2.45) is 0 Å². The highest BCUT2D eigenvalue weighted by atomic mass is 16.3. The third-order valence-electron chi connectivity index (χ3n) is 12.4. The SMILES string of the molecule is c1cc2ccc3ccc(-c4c5ccccc5c(-c5ccc6c(c5)c5ccccc5c5c6ccc6oc7ccccc7c65)c5ccccc45)c4ccc(c1)c2c34. The number of hydrogen-bond acceptors (Lipinski definition) is 1. The summed E-state index contributed by atoms with van der Waals surface area (Å²) in [4.78, 5) is 0. The molecule has 0 saturated carbocycles. The average Bonchev–Trinajstić information content (AvgIpc) is 3.63. The van der Waals surface area contributed by atoms with Crippen molar-refractivity contribution >= 4 is 108 Å². The van der Waals surface area contributed by atoms with Crippen molar-refractivity contribution in [1.82, 2.24) is 0 Å². The van der Waals surface area contributed by atoms with Gasteiger partial charge in [0.15, 0.2) is 0 Å². The van der Waals surface area contributed by atoms with E-state index in [1.165, 1.54) is 114 Å². The quantitative estimate of drug-likeness (QED) is 0.130. The molecular formula is C54H30O. The lowest BCUT2D eigenvalue weighted by atomic mass is 9.83. The molecule has 0 saturated heterocycles. The third kappa shape index (κ3) is 3.87. The highest BCUT2D eigenvalue weighted by Gasteiger charge is 2.21. The zero-order valence-corrected chi connectivity index (χ0v) is 29.7. The molecule has 12 aromatic carbocycles. The van der Waals surface area contributed by atoms with E-state index in [1.807, 2.05) is 6.07 Å². The second kappa shape index (κ2) is 10.7. The Kier molecular flexibility index (Phi) is 5.69. The van der Waals surface area contributed by atoms with Crippen LogP contribution in [0.25, 0.3) is 130 Å². The summed E-state index contributed by atoms with van der Waals surface area (Å²) in [5.41, 5.74) is 6.92. The van der Waals surface area contributed by atoms with Crippen LogP contribution in [0.1, 0.15) is 0 Å². The van der Waals surface area contributed by atoms with Gasteiger partial charge in [0.1, 0.15) is 11.2 Å². The molecule has 0 aliphatic carbocycles. The number of benzene rings is 12. The third-order valence-corrected chi connectivity index (χ3v) is 12.4. The van der Waals surface area contributed by atoms with Gasteiger partial charge in [-0.2, -0.15) is 0 Å². The molecule has 1 nitrogen and oxygen atoms in total. The normalized spacial score (nSPS) is 12.4. The Morgan fingerprint density at radius 3 is 1.53 bits per heavy atom. The fourth-order valence-corrected chi connectivity index (χ4v) is 10.1. The van der Waals surface area contributed by atoms with Crippen LogP contribution in [0.2, 0.25) is 0 Å². The van der Waals surface area contributed by atoms with Gasteiger partial charge >= 0.3 is 0 Å². The molecule has 1 heterocycles. The summed E-state index contributed by atoms with van der Waals surface area (Å²) < 4.78 is 6.38. The van der Waals surface area contributed by atoms with Gasteiger partial charge in [0.2, 0.25) is 0 Å². The van der Waals surface area contributed by atoms with Crippen molar-refractivity contribution in [1.29, 1.82) is 0 Å². The smallest absolute Gasteiger partial charge is 0.136 e. The standard InChI is InChI=1S/C54H30O/c1-2-13-37-35(12-1)46-30-34(24-25-36(46)42-28-29-48-54(53(37)42)45-18-7-8-19-47(45)55-48)50-38-14-3-5-16-40(38)52(41-17-6-4-15-39(41)50)44-27-23-33-21-20-31-10-9-11-32-22-26-43(44)51(33)49(31)32/h1-30H. The van der Waals surface area contributed by atoms with E-state index < -0.39 is 0 Å². The topological polar surface area (TPSA) is 13.1 Å². The fraction of sp³-hybridized carbons (Fsp3) is 0. The molecule has 0 N–H and O–H groups in total. The first-order valence-electron chi connectivity index (χ1n) is 19.1. The minimum atomic E-state index is 0.925. The van der Waals surface area contributed by atoms with Gasteiger partial charge in [0, 0.05) is 16.2 Å². The lowest BCUT2D eigenvalue weighted by molar-refractivity contribution is 0.669. The second-order valence-electron chi connectivity index (χ2n) is 15.1. The maximum atomic E-state index is 6.38. The van der Waals surface area contributed by atoms with Crippen LogP contribution in [0.4, 0.5) is 0 Å². The van der Waals surface area contributed by atoms with Gasteiger partial charge in [-0.1, -0.05) is 158 Å². The predicted molar refractivity (Wildman–Crippen MR) is 236 cm³/mol. The molecule has 0 aliphatic heterocycles. The van der Waals surface area contributed by atoms with Gasteiger partial charge in [-0.3, -0.25) is 0 Å². The monoisotopic (exact) mass is 694 g/mol. The van der Waals surface area contributed by atoms with E-state index in [1.54, 1.807) is 0 Å². The molecule has 0 aliphatic rings. The molecule has 13 aromatic rings. The zero-order chi connectivity index (χ0) is 35.8. The summed E-state index contributed by atoms with van der Waals surface area (Å²) in [5, 5.41) is 22.8. The lowest BCUT2D eigenvalue weighted by Gasteiger charge is -2.20. The van der Waals surface area contributed by atoms with E-state index in [0.29, 0.717) is 0 Å². The maximum Gasteiger partial charge on any atom is 0.136 e. The summed E-state index contributed by atoms with van der Waals surface area (Å²) in [7, 11) is 0. The van der Waals surface area contributed by atoms with Crippen molar-refractivity contribution in [3.05, 3.63) is 182 Å². The highest BCUT2D eigenvalue weighted by Crippen LogP contribution is 2.49. The number of rotatable bonds is 2. The molecule has 0 amide bonds. The Hall–Kier alpha value is -7.22. The molecule has 1 heteroatoms. The molecule has 0 radical (unpaired) electrons. The van der Waals surface area contributed by atoms with Crippen LogP contribution in [0.3, 0.4) is 0 Å². The van der Waals surface area contributed by atoms with Crippen LogP contribution in [-0.2, 0) is 0 Å². The lowest BCUT2D eigenvalue weighted by Crippen LogP contribution is -1.93. The Bertz CT molecular complexity index is 3680. The van der Waals surface area contributed by atoms with E-state index in [2.05, 4.69) is 176 Å². The number of hydrogen-bond donors (Lipinski definition) is 0. The molecule has 0 bridgehead atoms. The summed E-state index contributed by atoms with van der Waals surface area (Å²) in [6.45, 7) is 0. The molecule has 0 unspecified atom stereocenters. The van der Waals surface area contributed by atoms with Gasteiger partial charge in [-0.15, -0.1) is 0 Å². The molecule has 1 aromatic heterocycles. The summed E-state index contributed by atoms with van der Waals surface area (Å²) >= 11 is 0. The van der Waals surface area contributed by atoms with E-state index in [9.17, 15) is 0 Å². The van der Waals surface area contributed by atoms with Crippen LogP contribution in [-0.4, -0.2) is 0 Å². The van der Waals surface area contributed by atoms with Gasteiger partial charge in [-0.25, -0.2) is 0 Å². The summed E-state index contributed by atoms with van der Waals surface area (Å²) in [6, 6.07) is 67.4. The Labute approximate surface area is 315 Å². The summed E-state index contributed by atoms with van der Waals surface area (Å²) in [5.74, 6) is 0. The minimum absolute atomic E-state index is 0.925. The summed E-state index contributed by atoms with van der Waals surface area (Å²) in [6.07, 6.45) is 0. The Morgan fingerprint density at radius 2 is 0.782 bits per heavy atom. The second-order valence-corrected chi connectivity index (χ2v) is 15.1. The van der Waals surface area contributed by atoms with E-state index >= 15 is 0 Å². The Balaban J connectivity index is 1.13. The van der Waals surface area contributed by atoms with Crippen LogP contribution >= 0.6 is 0 Å².